The molecule has 3 rings (SSSR count). The van der Waals surface area contributed by atoms with E-state index in [1.54, 1.807) is 24.3 Å². The molecule has 0 heterocycles. The molecule has 0 aliphatic heterocycles. The Balaban J connectivity index is 1.77. The van der Waals surface area contributed by atoms with E-state index in [2.05, 4.69) is 10.6 Å². The van der Waals surface area contributed by atoms with Gasteiger partial charge in [-0.05, 0) is 48.0 Å². The average molecular weight is 371 g/mol. The van der Waals surface area contributed by atoms with Crippen LogP contribution in [0.25, 0.3) is 0 Å². The molecular weight excluding hydrogens is 353 g/mol. The molecule has 0 fully saturated rings. The summed E-state index contributed by atoms with van der Waals surface area (Å²) >= 11 is 0. The largest absolute Gasteiger partial charge is 0.381 e. The monoisotopic (exact) mass is 371 g/mol. The first kappa shape index (κ1) is 17.9. The number of anilines is 3. The van der Waals surface area contributed by atoms with Crippen molar-refractivity contribution in [3.8, 4) is 0 Å². The zero-order valence-electron chi connectivity index (χ0n) is 13.8. The number of hydrogen-bond acceptors (Lipinski definition) is 4. The minimum Gasteiger partial charge on any atom is -0.381 e. The summed E-state index contributed by atoms with van der Waals surface area (Å²) in [5.74, 6) is -0.314. The van der Waals surface area contributed by atoms with Crippen LogP contribution >= 0.6 is 0 Å². The molecule has 0 saturated carbocycles. The zero-order valence-corrected chi connectivity index (χ0v) is 14.6. The third-order valence-electron chi connectivity index (χ3n) is 3.77. The molecule has 0 spiro atoms. The number of hydrogen-bond donors (Lipinski definition) is 3. The Morgan fingerprint density at radius 2 is 1.62 bits per heavy atom. The topological polar surface area (TPSA) is 84.2 Å². The molecule has 134 valence electrons. The van der Waals surface area contributed by atoms with Gasteiger partial charge >= 0.3 is 0 Å². The van der Waals surface area contributed by atoms with Gasteiger partial charge in [0.1, 0.15) is 5.82 Å². The first-order valence-electron chi connectivity index (χ1n) is 7.89. The normalized spacial score (nSPS) is 11.2. The van der Waals surface area contributed by atoms with E-state index in [0.29, 0.717) is 17.9 Å². The molecule has 0 atom stereocenters. The number of halogens is 1. The third-order valence-corrected chi connectivity index (χ3v) is 4.68. The van der Waals surface area contributed by atoms with Crippen molar-refractivity contribution in [3.05, 3.63) is 84.2 Å². The van der Waals surface area contributed by atoms with Crippen molar-refractivity contribution in [1.82, 2.24) is 0 Å². The Kier molecular flexibility index (Phi) is 5.20. The second kappa shape index (κ2) is 7.55. The fourth-order valence-electron chi connectivity index (χ4n) is 2.50. The lowest BCUT2D eigenvalue weighted by atomic mass is 10.1. The summed E-state index contributed by atoms with van der Waals surface area (Å²) in [6.07, 6.45) is 0. The minimum absolute atomic E-state index is 0.0497. The third kappa shape index (κ3) is 4.59. The van der Waals surface area contributed by atoms with E-state index in [1.807, 2.05) is 24.3 Å². The molecule has 0 bridgehead atoms. The van der Waals surface area contributed by atoms with E-state index >= 15 is 0 Å². The summed E-state index contributed by atoms with van der Waals surface area (Å²) in [5.41, 5.74) is 3.05. The molecule has 5 nitrogen and oxygen atoms in total. The minimum atomic E-state index is -3.75. The molecule has 7 heteroatoms. The van der Waals surface area contributed by atoms with Gasteiger partial charge in [-0.3, -0.25) is 0 Å². The Bertz CT molecular complexity index is 1020. The molecule has 4 N–H and O–H groups in total. The highest BCUT2D eigenvalue weighted by Crippen LogP contribution is 2.23. The number of sulfonamides is 1. The first-order chi connectivity index (χ1) is 12.4. The second-order valence-corrected chi connectivity index (χ2v) is 7.28. The van der Waals surface area contributed by atoms with E-state index in [9.17, 15) is 12.8 Å². The highest BCUT2D eigenvalue weighted by atomic mass is 32.2. The van der Waals surface area contributed by atoms with E-state index in [1.165, 1.54) is 24.3 Å². The molecular formula is C19H18FN3O2S. The van der Waals surface area contributed by atoms with Crippen molar-refractivity contribution in [2.45, 2.75) is 11.4 Å². The van der Waals surface area contributed by atoms with Gasteiger partial charge in [0.15, 0.2) is 0 Å². The molecule has 3 aromatic rings. The highest BCUT2D eigenvalue weighted by molar-refractivity contribution is 7.89. The van der Waals surface area contributed by atoms with Crippen molar-refractivity contribution in [3.63, 3.8) is 0 Å². The summed E-state index contributed by atoms with van der Waals surface area (Å²) in [6.45, 7) is 0.451. The second-order valence-electron chi connectivity index (χ2n) is 5.72. The van der Waals surface area contributed by atoms with E-state index in [0.717, 1.165) is 11.3 Å². The molecule has 3 aromatic carbocycles. The summed E-state index contributed by atoms with van der Waals surface area (Å²) in [5, 5.41) is 11.5. The summed E-state index contributed by atoms with van der Waals surface area (Å²) < 4.78 is 36.3. The molecule has 0 unspecified atom stereocenters. The maximum atomic E-state index is 13.4. The maximum Gasteiger partial charge on any atom is 0.238 e. The van der Waals surface area contributed by atoms with E-state index in [-0.39, 0.29) is 10.7 Å². The molecule has 0 saturated heterocycles. The fraction of sp³-hybridized carbons (Fsp3) is 0.0526. The SMILES string of the molecule is NS(=O)(=O)c1cccc(NCc2ccccc2Nc2cccc(F)c2)c1. The summed E-state index contributed by atoms with van der Waals surface area (Å²) in [6, 6.07) is 20.1. The fourth-order valence-corrected chi connectivity index (χ4v) is 3.06. The van der Waals surface area contributed by atoms with Crippen molar-refractivity contribution < 1.29 is 12.8 Å². The molecule has 0 aliphatic rings. The van der Waals surface area contributed by atoms with Crippen molar-refractivity contribution in [2.75, 3.05) is 10.6 Å². The lowest BCUT2D eigenvalue weighted by Crippen LogP contribution is -2.12. The predicted octanol–water partition coefficient (Wildman–Crippen LogP) is 3.83. The van der Waals surface area contributed by atoms with Crippen LogP contribution < -0.4 is 15.8 Å². The number of nitrogens with one attached hydrogen (secondary N) is 2. The summed E-state index contributed by atoms with van der Waals surface area (Å²) in [7, 11) is -3.75. The van der Waals surface area contributed by atoms with Gasteiger partial charge in [-0.2, -0.15) is 0 Å². The van der Waals surface area contributed by atoms with Crippen LogP contribution in [0, 0.1) is 5.82 Å². The Morgan fingerprint density at radius 3 is 2.38 bits per heavy atom. The maximum absolute atomic E-state index is 13.4. The Hall–Kier alpha value is -2.90. The molecule has 0 radical (unpaired) electrons. The van der Waals surface area contributed by atoms with Gasteiger partial charge in [0.25, 0.3) is 0 Å². The van der Waals surface area contributed by atoms with Gasteiger partial charge in [-0.25, -0.2) is 17.9 Å². The number of primary sulfonamides is 1. The highest BCUT2D eigenvalue weighted by Gasteiger charge is 2.08. The van der Waals surface area contributed by atoms with Crippen LogP contribution in [0.15, 0.2) is 77.7 Å². The van der Waals surface area contributed by atoms with Gasteiger partial charge in [0, 0.05) is 23.6 Å². The van der Waals surface area contributed by atoms with E-state index < -0.39 is 10.0 Å². The number of benzene rings is 3. The van der Waals surface area contributed by atoms with Crippen LogP contribution in [0.4, 0.5) is 21.5 Å². The quantitative estimate of drug-likeness (QED) is 0.615. The zero-order chi connectivity index (χ0) is 18.6. The van der Waals surface area contributed by atoms with Gasteiger partial charge < -0.3 is 10.6 Å². The van der Waals surface area contributed by atoms with Gasteiger partial charge in [-0.15, -0.1) is 0 Å². The molecule has 26 heavy (non-hydrogen) atoms. The average Bonchev–Trinajstić information content (AvgIpc) is 2.61. The predicted molar refractivity (Wildman–Crippen MR) is 101 cm³/mol. The Morgan fingerprint density at radius 1 is 0.885 bits per heavy atom. The number of para-hydroxylation sites is 1. The van der Waals surface area contributed by atoms with Crippen LogP contribution in [0.3, 0.4) is 0 Å². The van der Waals surface area contributed by atoms with Gasteiger partial charge in [0.05, 0.1) is 4.90 Å². The van der Waals surface area contributed by atoms with Crippen LogP contribution in [-0.4, -0.2) is 8.42 Å². The van der Waals surface area contributed by atoms with Crippen LogP contribution in [-0.2, 0) is 16.6 Å². The van der Waals surface area contributed by atoms with E-state index in [4.69, 9.17) is 5.14 Å². The van der Waals surface area contributed by atoms with Crippen molar-refractivity contribution in [2.24, 2.45) is 5.14 Å². The van der Waals surface area contributed by atoms with Gasteiger partial charge in [0.2, 0.25) is 10.0 Å². The first-order valence-corrected chi connectivity index (χ1v) is 9.44. The standard InChI is InChI=1S/C19H18FN3O2S/c20-15-6-3-8-17(11-15)23-19-10-2-1-5-14(19)13-22-16-7-4-9-18(12-16)26(21,24)25/h1-12,22-23H,13H2,(H2,21,24,25). The molecule has 0 amide bonds. The Labute approximate surface area is 151 Å². The smallest absolute Gasteiger partial charge is 0.238 e. The van der Waals surface area contributed by atoms with Crippen LogP contribution in [0.1, 0.15) is 5.56 Å². The van der Waals surface area contributed by atoms with Crippen molar-refractivity contribution >= 4 is 27.1 Å². The van der Waals surface area contributed by atoms with Crippen LogP contribution in [0.2, 0.25) is 0 Å². The molecule has 0 aromatic heterocycles. The lowest BCUT2D eigenvalue weighted by molar-refractivity contribution is 0.598. The number of nitrogens with two attached hydrogens (primary N) is 1. The summed E-state index contributed by atoms with van der Waals surface area (Å²) in [4.78, 5) is 0.0497. The van der Waals surface area contributed by atoms with Crippen LogP contribution in [0.5, 0.6) is 0 Å². The number of rotatable bonds is 6. The molecule has 0 aliphatic carbocycles. The lowest BCUT2D eigenvalue weighted by Gasteiger charge is -2.14. The van der Waals surface area contributed by atoms with Crippen molar-refractivity contribution in [1.29, 1.82) is 0 Å². The van der Waals surface area contributed by atoms with Gasteiger partial charge in [-0.1, -0.05) is 30.3 Å².